The van der Waals surface area contributed by atoms with E-state index in [-0.39, 0.29) is 6.04 Å². The molecule has 0 aliphatic heterocycles. The molecule has 0 amide bonds. The number of furan rings is 1. The molecule has 19 heavy (non-hydrogen) atoms. The number of hydrogen-bond donors (Lipinski definition) is 1. The molecule has 3 aromatic rings. The molecule has 4 nitrogen and oxygen atoms in total. The third-order valence-corrected chi connectivity index (χ3v) is 3.87. The highest BCUT2D eigenvalue weighted by Gasteiger charge is 2.15. The minimum atomic E-state index is 0.205. The maximum absolute atomic E-state index is 6.05. The van der Waals surface area contributed by atoms with E-state index in [1.165, 1.54) is 0 Å². The molecule has 5 heteroatoms. The van der Waals surface area contributed by atoms with Crippen molar-refractivity contribution in [1.82, 2.24) is 9.55 Å². The Hall–Kier alpha value is -1.50. The van der Waals surface area contributed by atoms with Crippen molar-refractivity contribution in [3.8, 4) is 0 Å². The average molecular weight is 367 g/mol. The van der Waals surface area contributed by atoms with Crippen LogP contribution >= 0.6 is 22.6 Å². The van der Waals surface area contributed by atoms with Gasteiger partial charge in [-0.05, 0) is 59.8 Å². The van der Waals surface area contributed by atoms with Gasteiger partial charge in [0, 0.05) is 16.0 Å². The minimum Gasteiger partial charge on any atom is -0.469 e. The molecule has 1 unspecified atom stereocenters. The van der Waals surface area contributed by atoms with Crippen molar-refractivity contribution < 1.29 is 4.42 Å². The second-order valence-corrected chi connectivity index (χ2v) is 5.85. The minimum absolute atomic E-state index is 0.205. The van der Waals surface area contributed by atoms with Crippen LogP contribution in [-0.2, 0) is 6.42 Å². The van der Waals surface area contributed by atoms with E-state index in [0.29, 0.717) is 5.95 Å². The Morgan fingerprint density at radius 2 is 2.26 bits per heavy atom. The summed E-state index contributed by atoms with van der Waals surface area (Å²) < 4.78 is 8.62. The number of halogens is 1. The van der Waals surface area contributed by atoms with E-state index in [1.54, 1.807) is 6.26 Å². The lowest BCUT2D eigenvalue weighted by Gasteiger charge is -2.14. The lowest BCUT2D eigenvalue weighted by molar-refractivity contribution is 0.456. The molecule has 0 saturated carbocycles. The van der Waals surface area contributed by atoms with Crippen LogP contribution in [0.4, 0.5) is 5.95 Å². The first kappa shape index (κ1) is 12.5. The molecule has 2 aromatic heterocycles. The van der Waals surface area contributed by atoms with Crippen LogP contribution in [0.3, 0.4) is 0 Å². The smallest absolute Gasteiger partial charge is 0.201 e. The van der Waals surface area contributed by atoms with Gasteiger partial charge < -0.3 is 14.7 Å². The second-order valence-electron chi connectivity index (χ2n) is 4.61. The molecule has 1 aromatic carbocycles. The van der Waals surface area contributed by atoms with Gasteiger partial charge in [-0.25, -0.2) is 4.98 Å². The topological polar surface area (TPSA) is 57.0 Å². The molecule has 0 aliphatic rings. The Morgan fingerprint density at radius 1 is 1.42 bits per heavy atom. The second kappa shape index (κ2) is 4.88. The van der Waals surface area contributed by atoms with Crippen LogP contribution in [0.1, 0.15) is 18.7 Å². The van der Waals surface area contributed by atoms with Gasteiger partial charge in [-0.15, -0.1) is 0 Å². The summed E-state index contributed by atoms with van der Waals surface area (Å²) in [5.41, 5.74) is 8.06. The molecule has 98 valence electrons. The van der Waals surface area contributed by atoms with E-state index in [4.69, 9.17) is 10.2 Å². The zero-order valence-electron chi connectivity index (χ0n) is 10.5. The van der Waals surface area contributed by atoms with Gasteiger partial charge >= 0.3 is 0 Å². The number of imidazole rings is 1. The van der Waals surface area contributed by atoms with Crippen molar-refractivity contribution >= 4 is 39.6 Å². The van der Waals surface area contributed by atoms with Crippen LogP contribution in [0.2, 0.25) is 0 Å². The average Bonchev–Trinajstić information content (AvgIpc) is 2.95. The van der Waals surface area contributed by atoms with E-state index in [1.807, 2.05) is 18.2 Å². The number of nitrogens with two attached hydrogens (primary N) is 1. The van der Waals surface area contributed by atoms with Gasteiger partial charge in [0.05, 0.1) is 17.3 Å². The fourth-order valence-corrected chi connectivity index (χ4v) is 2.84. The maximum Gasteiger partial charge on any atom is 0.201 e. The molecule has 0 spiro atoms. The van der Waals surface area contributed by atoms with Crippen molar-refractivity contribution in [3.05, 3.63) is 45.9 Å². The van der Waals surface area contributed by atoms with Gasteiger partial charge in [0.1, 0.15) is 5.76 Å². The zero-order valence-corrected chi connectivity index (χ0v) is 12.7. The number of anilines is 1. The predicted octanol–water partition coefficient (Wildman–Crippen LogP) is 3.62. The number of benzene rings is 1. The molecule has 3 rings (SSSR count). The molecular formula is C14H14IN3O. The van der Waals surface area contributed by atoms with Crippen molar-refractivity contribution in [2.45, 2.75) is 19.4 Å². The Bertz CT molecular complexity index is 703. The summed E-state index contributed by atoms with van der Waals surface area (Å²) in [6, 6.07) is 10.3. The van der Waals surface area contributed by atoms with Crippen LogP contribution in [0.15, 0.2) is 41.0 Å². The summed E-state index contributed by atoms with van der Waals surface area (Å²) in [5.74, 6) is 1.51. The van der Waals surface area contributed by atoms with Gasteiger partial charge in [-0.1, -0.05) is 0 Å². The zero-order chi connectivity index (χ0) is 13.4. The molecule has 0 saturated heterocycles. The summed E-state index contributed by atoms with van der Waals surface area (Å²) in [4.78, 5) is 4.43. The largest absolute Gasteiger partial charge is 0.469 e. The van der Waals surface area contributed by atoms with Gasteiger partial charge in [0.25, 0.3) is 0 Å². The highest BCUT2D eigenvalue weighted by Crippen LogP contribution is 2.26. The lowest BCUT2D eigenvalue weighted by atomic mass is 10.2. The number of nitrogens with zero attached hydrogens (tertiary/aromatic N) is 2. The first-order valence-electron chi connectivity index (χ1n) is 6.10. The number of nitrogen functional groups attached to an aromatic ring is 1. The number of hydrogen-bond acceptors (Lipinski definition) is 3. The van der Waals surface area contributed by atoms with Crippen LogP contribution in [0.25, 0.3) is 11.0 Å². The van der Waals surface area contributed by atoms with Crippen LogP contribution in [-0.4, -0.2) is 9.55 Å². The predicted molar refractivity (Wildman–Crippen MR) is 84.0 cm³/mol. The normalized spacial score (nSPS) is 12.9. The summed E-state index contributed by atoms with van der Waals surface area (Å²) in [6.07, 6.45) is 2.49. The van der Waals surface area contributed by atoms with E-state index >= 15 is 0 Å². The van der Waals surface area contributed by atoms with Crippen molar-refractivity contribution in [2.24, 2.45) is 0 Å². The Kier molecular flexibility index (Phi) is 3.22. The molecule has 2 N–H and O–H groups in total. The Balaban J connectivity index is 2.01. The Morgan fingerprint density at radius 3 is 3.00 bits per heavy atom. The number of fused-ring (bicyclic) bond motifs is 1. The van der Waals surface area contributed by atoms with E-state index < -0.39 is 0 Å². The molecular weight excluding hydrogens is 353 g/mol. The highest BCUT2D eigenvalue weighted by molar-refractivity contribution is 14.1. The summed E-state index contributed by atoms with van der Waals surface area (Å²) in [5, 5.41) is 0. The standard InChI is InChI=1S/C14H14IN3O/c1-9(7-11-3-2-6-19-11)18-13-5-4-10(15)8-12(13)17-14(18)16/h2-6,8-9H,7H2,1H3,(H2,16,17). The molecule has 1 atom stereocenters. The fraction of sp³-hybridized carbons (Fsp3) is 0.214. The van der Waals surface area contributed by atoms with Gasteiger partial charge in [-0.2, -0.15) is 0 Å². The van der Waals surface area contributed by atoms with Crippen molar-refractivity contribution in [1.29, 1.82) is 0 Å². The highest BCUT2D eigenvalue weighted by atomic mass is 127. The van der Waals surface area contributed by atoms with Crippen LogP contribution in [0, 0.1) is 3.57 Å². The third kappa shape index (κ3) is 2.34. The fourth-order valence-electron chi connectivity index (χ4n) is 2.36. The summed E-state index contributed by atoms with van der Waals surface area (Å²) >= 11 is 2.28. The SMILES string of the molecule is CC(Cc1ccco1)n1c(N)nc2cc(I)ccc21. The van der Waals surface area contributed by atoms with Crippen molar-refractivity contribution in [2.75, 3.05) is 5.73 Å². The van der Waals surface area contributed by atoms with E-state index in [2.05, 4.69) is 51.2 Å². The molecule has 0 fully saturated rings. The van der Waals surface area contributed by atoms with E-state index in [9.17, 15) is 0 Å². The van der Waals surface area contributed by atoms with Crippen LogP contribution in [0.5, 0.6) is 0 Å². The first-order valence-corrected chi connectivity index (χ1v) is 7.18. The van der Waals surface area contributed by atoms with Crippen molar-refractivity contribution in [3.63, 3.8) is 0 Å². The maximum atomic E-state index is 6.05. The summed E-state index contributed by atoms with van der Waals surface area (Å²) in [7, 11) is 0. The summed E-state index contributed by atoms with van der Waals surface area (Å²) in [6.45, 7) is 2.12. The van der Waals surface area contributed by atoms with Gasteiger partial charge in [0.2, 0.25) is 5.95 Å². The Labute approximate surface area is 124 Å². The quantitative estimate of drug-likeness (QED) is 0.720. The number of rotatable bonds is 3. The molecule has 2 heterocycles. The van der Waals surface area contributed by atoms with Gasteiger partial charge in [-0.3, -0.25) is 0 Å². The first-order chi connectivity index (χ1) is 9.15. The van der Waals surface area contributed by atoms with E-state index in [0.717, 1.165) is 26.8 Å². The van der Waals surface area contributed by atoms with Gasteiger partial charge in [0.15, 0.2) is 0 Å². The molecule has 0 aliphatic carbocycles. The van der Waals surface area contributed by atoms with Crippen LogP contribution < -0.4 is 5.73 Å². The molecule has 0 bridgehead atoms. The lowest BCUT2D eigenvalue weighted by Crippen LogP contribution is -2.11. The third-order valence-electron chi connectivity index (χ3n) is 3.20. The monoisotopic (exact) mass is 367 g/mol. The number of aromatic nitrogens is 2. The molecule has 0 radical (unpaired) electrons.